The molecule has 0 aromatic heterocycles. The third kappa shape index (κ3) is 7.39. The van der Waals surface area contributed by atoms with E-state index in [1.54, 1.807) is 19.1 Å². The predicted octanol–water partition coefficient (Wildman–Crippen LogP) is 2.94. The summed E-state index contributed by atoms with van der Waals surface area (Å²) in [5.41, 5.74) is 3.91. The van der Waals surface area contributed by atoms with Crippen LogP contribution in [0.3, 0.4) is 0 Å². The second-order valence-corrected chi connectivity index (χ2v) is 8.76. The second kappa shape index (κ2) is 12.7. The maximum atomic E-state index is 13.1. The van der Waals surface area contributed by atoms with Gasteiger partial charge in [0.15, 0.2) is 0 Å². The van der Waals surface area contributed by atoms with Gasteiger partial charge in [0.05, 0.1) is 18.2 Å². The van der Waals surface area contributed by atoms with Gasteiger partial charge in [-0.1, -0.05) is 25.1 Å². The third-order valence-electron chi connectivity index (χ3n) is 6.28. The van der Waals surface area contributed by atoms with Gasteiger partial charge in [-0.25, -0.2) is 0 Å². The van der Waals surface area contributed by atoms with Crippen molar-refractivity contribution in [1.29, 1.82) is 5.26 Å². The van der Waals surface area contributed by atoms with Crippen molar-refractivity contribution < 1.29 is 14.4 Å². The molecule has 0 unspecified atom stereocenters. The molecule has 35 heavy (non-hydrogen) atoms. The summed E-state index contributed by atoms with van der Waals surface area (Å²) in [6, 6.07) is 15.2. The van der Waals surface area contributed by atoms with Gasteiger partial charge >= 0.3 is 0 Å². The molecule has 0 aliphatic carbocycles. The molecule has 1 aliphatic heterocycles. The lowest BCUT2D eigenvalue weighted by molar-refractivity contribution is -0.120. The van der Waals surface area contributed by atoms with Gasteiger partial charge < -0.3 is 20.9 Å². The van der Waals surface area contributed by atoms with Crippen LogP contribution in [0.5, 0.6) is 0 Å². The lowest BCUT2D eigenvalue weighted by Crippen LogP contribution is -2.38. The van der Waals surface area contributed by atoms with Crippen LogP contribution >= 0.6 is 0 Å². The summed E-state index contributed by atoms with van der Waals surface area (Å²) in [5, 5.41) is 17.6. The first-order chi connectivity index (χ1) is 16.9. The fourth-order valence-electron chi connectivity index (χ4n) is 4.13. The highest BCUT2D eigenvalue weighted by atomic mass is 16.2. The van der Waals surface area contributed by atoms with E-state index in [9.17, 15) is 14.4 Å². The standard InChI is InChI=1S/C27H33N5O3/c1-3-25(33)30-13-12-29-18-26(34)31-24-16-23(7-4-19(24)2)27(35)32-14-10-22(11-15-32)21-8-5-20(17-28)6-9-21/h4-9,16,22,29H,3,10-15,18H2,1-2H3,(H,30,33)(H,31,34). The van der Waals surface area contributed by atoms with E-state index in [-0.39, 0.29) is 24.3 Å². The molecule has 1 heterocycles. The minimum absolute atomic E-state index is 0.0214. The van der Waals surface area contributed by atoms with Crippen LogP contribution in [0.15, 0.2) is 42.5 Å². The number of amides is 3. The molecule has 184 valence electrons. The minimum atomic E-state index is -0.206. The molecule has 2 aromatic carbocycles. The zero-order chi connectivity index (χ0) is 25.2. The normalized spacial score (nSPS) is 13.7. The molecule has 1 saturated heterocycles. The van der Waals surface area contributed by atoms with E-state index in [0.29, 0.717) is 55.3 Å². The van der Waals surface area contributed by atoms with Crippen molar-refractivity contribution in [1.82, 2.24) is 15.5 Å². The molecular weight excluding hydrogens is 442 g/mol. The number of hydrogen-bond donors (Lipinski definition) is 3. The lowest BCUT2D eigenvalue weighted by Gasteiger charge is -2.32. The maximum Gasteiger partial charge on any atom is 0.253 e. The van der Waals surface area contributed by atoms with E-state index in [1.807, 2.05) is 42.2 Å². The van der Waals surface area contributed by atoms with E-state index < -0.39 is 0 Å². The van der Waals surface area contributed by atoms with Gasteiger partial charge in [-0.2, -0.15) is 5.26 Å². The smallest absolute Gasteiger partial charge is 0.253 e. The highest BCUT2D eigenvalue weighted by Crippen LogP contribution is 2.29. The average molecular weight is 476 g/mol. The van der Waals surface area contributed by atoms with Crippen molar-refractivity contribution in [2.45, 2.75) is 39.0 Å². The Hall–Kier alpha value is -3.70. The van der Waals surface area contributed by atoms with Gasteiger partial charge in [0.25, 0.3) is 5.91 Å². The Kier molecular flexibility index (Phi) is 9.39. The third-order valence-corrected chi connectivity index (χ3v) is 6.28. The van der Waals surface area contributed by atoms with Gasteiger partial charge in [-0.15, -0.1) is 0 Å². The summed E-state index contributed by atoms with van der Waals surface area (Å²) in [6.45, 7) is 6.08. The largest absolute Gasteiger partial charge is 0.355 e. The van der Waals surface area contributed by atoms with Gasteiger partial charge in [-0.05, 0) is 61.1 Å². The second-order valence-electron chi connectivity index (χ2n) is 8.76. The van der Waals surface area contributed by atoms with Crippen LogP contribution in [-0.2, 0) is 9.59 Å². The molecule has 3 rings (SSSR count). The Morgan fingerprint density at radius 2 is 1.74 bits per heavy atom. The lowest BCUT2D eigenvalue weighted by atomic mass is 9.89. The van der Waals surface area contributed by atoms with Gasteiger partial charge in [0.1, 0.15) is 0 Å². The summed E-state index contributed by atoms with van der Waals surface area (Å²) in [5.74, 6) is 0.112. The molecule has 0 radical (unpaired) electrons. The molecule has 2 aromatic rings. The van der Waals surface area contributed by atoms with Crippen LogP contribution in [0, 0.1) is 18.3 Å². The first-order valence-electron chi connectivity index (χ1n) is 12.1. The first kappa shape index (κ1) is 25.9. The van der Waals surface area contributed by atoms with Gasteiger partial charge in [0.2, 0.25) is 11.8 Å². The number of rotatable bonds is 9. The Morgan fingerprint density at radius 1 is 1.03 bits per heavy atom. The number of nitriles is 1. The topological polar surface area (TPSA) is 114 Å². The SMILES string of the molecule is CCC(=O)NCCNCC(=O)Nc1cc(C(=O)N2CCC(c3ccc(C#N)cc3)CC2)ccc1C. The number of nitrogens with one attached hydrogen (secondary N) is 3. The van der Waals surface area contributed by atoms with Gasteiger partial charge in [-0.3, -0.25) is 14.4 Å². The van der Waals surface area contributed by atoms with Crippen LogP contribution < -0.4 is 16.0 Å². The summed E-state index contributed by atoms with van der Waals surface area (Å²) in [7, 11) is 0. The Labute approximate surface area is 206 Å². The number of carbonyl (C=O) groups is 3. The van der Waals surface area contributed by atoms with Gasteiger partial charge in [0, 0.05) is 43.9 Å². The van der Waals surface area contributed by atoms with Crippen molar-refractivity contribution in [3.8, 4) is 6.07 Å². The van der Waals surface area contributed by atoms with E-state index in [1.165, 1.54) is 5.56 Å². The number of hydrogen-bond acceptors (Lipinski definition) is 5. The van der Waals surface area contributed by atoms with Crippen LogP contribution in [0.25, 0.3) is 0 Å². The van der Waals surface area contributed by atoms with Crippen LogP contribution in [0.4, 0.5) is 5.69 Å². The van der Waals surface area contributed by atoms with E-state index in [2.05, 4.69) is 22.0 Å². The highest BCUT2D eigenvalue weighted by molar-refractivity contribution is 5.98. The first-order valence-corrected chi connectivity index (χ1v) is 12.1. The molecule has 0 spiro atoms. The highest BCUT2D eigenvalue weighted by Gasteiger charge is 2.25. The quantitative estimate of drug-likeness (QED) is 0.483. The fourth-order valence-corrected chi connectivity index (χ4v) is 4.13. The molecular formula is C27H33N5O3. The Balaban J connectivity index is 1.51. The number of aryl methyl sites for hydroxylation is 1. The molecule has 1 fully saturated rings. The maximum absolute atomic E-state index is 13.1. The van der Waals surface area contributed by atoms with Crippen molar-refractivity contribution in [3.63, 3.8) is 0 Å². The van der Waals surface area contributed by atoms with Crippen molar-refractivity contribution in [3.05, 3.63) is 64.7 Å². The minimum Gasteiger partial charge on any atom is -0.355 e. The average Bonchev–Trinajstić information content (AvgIpc) is 2.89. The molecule has 8 heteroatoms. The summed E-state index contributed by atoms with van der Waals surface area (Å²) >= 11 is 0. The van der Waals surface area contributed by atoms with Crippen molar-refractivity contribution in [2.24, 2.45) is 0 Å². The van der Waals surface area contributed by atoms with Crippen molar-refractivity contribution >= 4 is 23.4 Å². The predicted molar refractivity (Wildman–Crippen MR) is 135 cm³/mol. The number of benzene rings is 2. The summed E-state index contributed by atoms with van der Waals surface area (Å²) in [4.78, 5) is 38.6. The Morgan fingerprint density at radius 3 is 2.40 bits per heavy atom. The summed E-state index contributed by atoms with van der Waals surface area (Å²) in [6.07, 6.45) is 2.18. The van der Waals surface area contributed by atoms with Crippen LogP contribution in [-0.4, -0.2) is 55.3 Å². The molecule has 3 amide bonds. The zero-order valence-electron chi connectivity index (χ0n) is 20.4. The zero-order valence-corrected chi connectivity index (χ0v) is 20.4. The monoisotopic (exact) mass is 475 g/mol. The molecule has 8 nitrogen and oxygen atoms in total. The molecule has 0 bridgehead atoms. The van der Waals surface area contributed by atoms with E-state index >= 15 is 0 Å². The number of nitrogens with zero attached hydrogens (tertiary/aromatic N) is 2. The molecule has 0 atom stereocenters. The van der Waals surface area contributed by atoms with E-state index in [0.717, 1.165) is 18.4 Å². The van der Waals surface area contributed by atoms with Crippen molar-refractivity contribution in [2.75, 3.05) is 38.0 Å². The number of piperidine rings is 1. The number of carbonyl (C=O) groups excluding carboxylic acids is 3. The molecule has 1 aliphatic rings. The fraction of sp³-hybridized carbons (Fsp3) is 0.407. The summed E-state index contributed by atoms with van der Waals surface area (Å²) < 4.78 is 0. The molecule has 3 N–H and O–H groups in total. The van der Waals surface area contributed by atoms with E-state index in [4.69, 9.17) is 5.26 Å². The molecule has 0 saturated carbocycles. The number of anilines is 1. The Bertz CT molecular complexity index is 1080. The van der Waals surface area contributed by atoms with Crippen LogP contribution in [0.1, 0.15) is 59.2 Å². The number of likely N-dealkylation sites (tertiary alicyclic amines) is 1. The van der Waals surface area contributed by atoms with Crippen LogP contribution in [0.2, 0.25) is 0 Å².